The van der Waals surface area contributed by atoms with Crippen LogP contribution in [0.1, 0.15) is 25.8 Å². The summed E-state index contributed by atoms with van der Waals surface area (Å²) in [7, 11) is 0. The van der Waals surface area contributed by atoms with E-state index in [2.05, 4.69) is 15.5 Å². The summed E-state index contributed by atoms with van der Waals surface area (Å²) in [5, 5.41) is 22.0. The summed E-state index contributed by atoms with van der Waals surface area (Å²) in [4.78, 5) is 12.3. The van der Waals surface area contributed by atoms with Crippen molar-refractivity contribution in [1.82, 2.24) is 14.8 Å². The second kappa shape index (κ2) is 9.67. The van der Waals surface area contributed by atoms with Crippen molar-refractivity contribution in [2.24, 2.45) is 0 Å². The lowest BCUT2D eigenvalue weighted by molar-refractivity contribution is -0.113. The summed E-state index contributed by atoms with van der Waals surface area (Å²) in [6.45, 7) is 4.53. The van der Waals surface area contributed by atoms with E-state index < -0.39 is 0 Å². The number of carbonyl (C=O) groups is 1. The van der Waals surface area contributed by atoms with Gasteiger partial charge >= 0.3 is 0 Å². The van der Waals surface area contributed by atoms with Gasteiger partial charge < -0.3 is 19.7 Å². The summed E-state index contributed by atoms with van der Waals surface area (Å²) in [5.74, 6) is 1.22. The van der Waals surface area contributed by atoms with E-state index in [0.29, 0.717) is 22.5 Å². The first-order valence-corrected chi connectivity index (χ1v) is 10.4. The molecule has 3 rings (SSSR count). The number of nitrogens with zero attached hydrogens (tertiary/aromatic N) is 3. The van der Waals surface area contributed by atoms with E-state index in [-0.39, 0.29) is 29.2 Å². The van der Waals surface area contributed by atoms with Crippen LogP contribution in [0.2, 0.25) is 5.02 Å². The van der Waals surface area contributed by atoms with Gasteiger partial charge in [0.1, 0.15) is 11.5 Å². The topological polar surface area (TPSA) is 89.3 Å². The van der Waals surface area contributed by atoms with Crippen LogP contribution in [-0.4, -0.2) is 31.5 Å². The van der Waals surface area contributed by atoms with Gasteiger partial charge in [-0.2, -0.15) is 0 Å². The Morgan fingerprint density at radius 3 is 2.76 bits per heavy atom. The number of rotatable bonds is 8. The molecule has 0 fully saturated rings. The third kappa shape index (κ3) is 5.42. The Bertz CT molecular complexity index is 981. The number of benzene rings is 2. The van der Waals surface area contributed by atoms with Gasteiger partial charge in [-0.15, -0.1) is 10.2 Å². The maximum atomic E-state index is 12.3. The van der Waals surface area contributed by atoms with Crippen molar-refractivity contribution in [3.63, 3.8) is 0 Å². The standard InChI is InChI=1S/C20H21ClN4O3S/c1-3-25-19(13(2)28-15-7-5-4-6-8-15)23-24-20(25)29-12-18(27)22-16-11-14(21)9-10-17(16)26/h4-11,13,26H,3,12H2,1-2H3,(H,22,27)/t13-/m0/s1. The van der Waals surface area contributed by atoms with Crippen LogP contribution in [0.5, 0.6) is 11.5 Å². The molecule has 3 aromatic rings. The second-order valence-electron chi connectivity index (χ2n) is 6.16. The Balaban J connectivity index is 1.64. The van der Waals surface area contributed by atoms with Crippen LogP contribution in [0.4, 0.5) is 5.69 Å². The van der Waals surface area contributed by atoms with Crippen molar-refractivity contribution in [1.29, 1.82) is 0 Å². The minimum Gasteiger partial charge on any atom is -0.506 e. The SMILES string of the molecule is CCn1c(SCC(=O)Nc2cc(Cl)ccc2O)nnc1[C@H](C)Oc1ccccc1. The molecular weight excluding hydrogens is 412 g/mol. The van der Waals surface area contributed by atoms with E-state index in [0.717, 1.165) is 5.75 Å². The molecule has 1 aromatic heterocycles. The van der Waals surface area contributed by atoms with Gasteiger partial charge in [0.2, 0.25) is 5.91 Å². The number of para-hydroxylation sites is 1. The summed E-state index contributed by atoms with van der Waals surface area (Å²) in [6.07, 6.45) is -0.295. The van der Waals surface area contributed by atoms with Crippen molar-refractivity contribution < 1.29 is 14.6 Å². The zero-order valence-corrected chi connectivity index (χ0v) is 17.6. The predicted molar refractivity (Wildman–Crippen MR) is 114 cm³/mol. The van der Waals surface area contributed by atoms with Gasteiger partial charge in [0.05, 0.1) is 11.4 Å². The number of hydrogen-bond donors (Lipinski definition) is 2. The molecule has 7 nitrogen and oxygen atoms in total. The fourth-order valence-electron chi connectivity index (χ4n) is 2.69. The highest BCUT2D eigenvalue weighted by Crippen LogP contribution is 2.28. The second-order valence-corrected chi connectivity index (χ2v) is 7.54. The van der Waals surface area contributed by atoms with Crippen LogP contribution in [0.15, 0.2) is 53.7 Å². The number of anilines is 1. The molecule has 1 heterocycles. The van der Waals surface area contributed by atoms with Crippen molar-refractivity contribution >= 4 is 35.0 Å². The number of amides is 1. The zero-order chi connectivity index (χ0) is 20.8. The number of aromatic hydroxyl groups is 1. The van der Waals surface area contributed by atoms with E-state index in [1.165, 1.54) is 23.9 Å². The number of thioether (sulfide) groups is 1. The van der Waals surface area contributed by atoms with Gasteiger partial charge in [0, 0.05) is 11.6 Å². The molecule has 2 N–H and O–H groups in total. The molecule has 0 unspecified atom stereocenters. The molecule has 9 heteroatoms. The van der Waals surface area contributed by atoms with Crippen molar-refractivity contribution in [2.45, 2.75) is 31.7 Å². The molecular formula is C20H21ClN4O3S. The van der Waals surface area contributed by atoms with Crippen LogP contribution >= 0.6 is 23.4 Å². The fraction of sp³-hybridized carbons (Fsp3) is 0.250. The third-order valence-corrected chi connectivity index (χ3v) is 5.25. The molecule has 0 radical (unpaired) electrons. The normalized spacial score (nSPS) is 11.8. The maximum Gasteiger partial charge on any atom is 0.234 e. The molecule has 2 aromatic carbocycles. The van der Waals surface area contributed by atoms with Crippen molar-refractivity contribution in [3.8, 4) is 11.5 Å². The summed E-state index contributed by atoms with van der Waals surface area (Å²) >= 11 is 7.16. The molecule has 152 valence electrons. The number of aromatic nitrogens is 3. The lowest BCUT2D eigenvalue weighted by Gasteiger charge is -2.15. The number of hydrogen-bond acceptors (Lipinski definition) is 6. The highest BCUT2D eigenvalue weighted by atomic mass is 35.5. The van der Waals surface area contributed by atoms with Crippen LogP contribution in [0.3, 0.4) is 0 Å². The predicted octanol–water partition coefficient (Wildman–Crippen LogP) is 4.53. The van der Waals surface area contributed by atoms with Crippen LogP contribution in [0, 0.1) is 0 Å². The summed E-state index contributed by atoms with van der Waals surface area (Å²) < 4.78 is 7.85. The van der Waals surface area contributed by atoms with Gasteiger partial charge in [0.15, 0.2) is 17.1 Å². The average Bonchev–Trinajstić information content (AvgIpc) is 3.13. The number of phenols is 1. The van der Waals surface area contributed by atoms with Gasteiger partial charge in [-0.05, 0) is 44.2 Å². The Hall–Kier alpha value is -2.71. The lowest BCUT2D eigenvalue weighted by Crippen LogP contribution is -2.15. The van der Waals surface area contributed by atoms with Crippen molar-refractivity contribution in [3.05, 3.63) is 59.4 Å². The van der Waals surface area contributed by atoms with Gasteiger partial charge in [0.25, 0.3) is 0 Å². The van der Waals surface area contributed by atoms with Crippen LogP contribution in [-0.2, 0) is 11.3 Å². The number of carbonyl (C=O) groups excluding carboxylic acids is 1. The number of ether oxygens (including phenoxy) is 1. The molecule has 0 aliphatic carbocycles. The van der Waals surface area contributed by atoms with E-state index in [1.54, 1.807) is 6.07 Å². The van der Waals surface area contributed by atoms with E-state index >= 15 is 0 Å². The molecule has 1 atom stereocenters. The average molecular weight is 433 g/mol. The number of nitrogens with one attached hydrogen (secondary N) is 1. The summed E-state index contributed by atoms with van der Waals surface area (Å²) in [5.41, 5.74) is 0.269. The first-order valence-electron chi connectivity index (χ1n) is 9.04. The van der Waals surface area contributed by atoms with Crippen LogP contribution < -0.4 is 10.1 Å². The Kier molecular flexibility index (Phi) is 7.00. The highest BCUT2D eigenvalue weighted by molar-refractivity contribution is 7.99. The minimum atomic E-state index is -0.295. The monoisotopic (exact) mass is 432 g/mol. The van der Waals surface area contributed by atoms with E-state index in [9.17, 15) is 9.90 Å². The molecule has 0 aliphatic rings. The quantitative estimate of drug-likeness (QED) is 0.401. The Labute approximate surface area is 178 Å². The first kappa shape index (κ1) is 21.0. The highest BCUT2D eigenvalue weighted by Gasteiger charge is 2.19. The lowest BCUT2D eigenvalue weighted by atomic mass is 10.3. The fourth-order valence-corrected chi connectivity index (χ4v) is 3.67. The van der Waals surface area contributed by atoms with Gasteiger partial charge in [-0.3, -0.25) is 4.79 Å². The van der Waals surface area contributed by atoms with Crippen LogP contribution in [0.25, 0.3) is 0 Å². The minimum absolute atomic E-state index is 0.0429. The van der Waals surface area contributed by atoms with Crippen molar-refractivity contribution in [2.75, 3.05) is 11.1 Å². The molecule has 1 amide bonds. The molecule has 0 spiro atoms. The molecule has 0 saturated carbocycles. The van der Waals surface area contributed by atoms with Gasteiger partial charge in [-0.1, -0.05) is 41.6 Å². The van der Waals surface area contributed by atoms with E-state index in [1.807, 2.05) is 48.7 Å². The molecule has 0 saturated heterocycles. The molecule has 0 aliphatic heterocycles. The smallest absolute Gasteiger partial charge is 0.234 e. The maximum absolute atomic E-state index is 12.3. The zero-order valence-electron chi connectivity index (χ0n) is 16.0. The summed E-state index contributed by atoms with van der Waals surface area (Å²) in [6, 6.07) is 14.0. The number of halogens is 1. The third-order valence-electron chi connectivity index (χ3n) is 4.05. The molecule has 0 bridgehead atoms. The Morgan fingerprint density at radius 2 is 2.03 bits per heavy atom. The number of phenolic OH excluding ortho intramolecular Hbond substituents is 1. The molecule has 29 heavy (non-hydrogen) atoms. The van der Waals surface area contributed by atoms with E-state index in [4.69, 9.17) is 16.3 Å². The first-order chi connectivity index (χ1) is 14.0. The Morgan fingerprint density at radius 1 is 1.28 bits per heavy atom. The van der Waals surface area contributed by atoms with Gasteiger partial charge in [-0.25, -0.2) is 0 Å². The largest absolute Gasteiger partial charge is 0.506 e.